The average Bonchev–Trinajstić information content (AvgIpc) is 2.33. The molecule has 0 saturated heterocycles. The van der Waals surface area contributed by atoms with E-state index >= 15 is 0 Å². The van der Waals surface area contributed by atoms with Gasteiger partial charge >= 0.3 is 0 Å². The minimum Gasteiger partial charge on any atom is -0.348 e. The van der Waals surface area contributed by atoms with Crippen molar-refractivity contribution in [2.45, 2.75) is 31.9 Å². The summed E-state index contributed by atoms with van der Waals surface area (Å²) in [5.74, 6) is 1.51. The zero-order valence-electron chi connectivity index (χ0n) is 7.13. The summed E-state index contributed by atoms with van der Waals surface area (Å²) in [6.45, 7) is 6.25. The molecule has 0 aliphatic carbocycles. The van der Waals surface area contributed by atoms with Crippen LogP contribution in [0.2, 0.25) is 0 Å². The van der Waals surface area contributed by atoms with Crippen LogP contribution in [-0.4, -0.2) is 9.97 Å². The van der Waals surface area contributed by atoms with Crippen LogP contribution >= 0.6 is 12.6 Å². The molecule has 1 aromatic heterocycles. The number of thiol groups is 1. The fourth-order valence-corrected chi connectivity index (χ4v) is 0.994. The van der Waals surface area contributed by atoms with Gasteiger partial charge in [0.15, 0.2) is 0 Å². The Labute approximate surface area is 72.8 Å². The standard InChI is InChI=1S/C8H14N2S/c1-5(2)8-9-4-7(10-8)6(3)11/h4-6,11H,1-3H3,(H,9,10). The van der Waals surface area contributed by atoms with Crippen molar-refractivity contribution in [2.75, 3.05) is 0 Å². The van der Waals surface area contributed by atoms with Gasteiger partial charge in [-0.15, -0.1) is 0 Å². The van der Waals surface area contributed by atoms with Crippen LogP contribution in [-0.2, 0) is 0 Å². The number of nitrogens with zero attached hydrogens (tertiary/aromatic N) is 1. The Bertz CT molecular complexity index is 205. The Hall–Kier alpha value is -0.440. The summed E-state index contributed by atoms with van der Waals surface area (Å²) >= 11 is 4.29. The fraction of sp³-hybridized carbons (Fsp3) is 0.625. The van der Waals surface area contributed by atoms with Crippen molar-refractivity contribution >= 4 is 12.6 Å². The maximum atomic E-state index is 4.38. The lowest BCUT2D eigenvalue weighted by Gasteiger charge is -1.98. The van der Waals surface area contributed by atoms with E-state index in [2.05, 4.69) is 36.4 Å². The second-order valence-corrected chi connectivity index (χ2v) is 3.82. The second kappa shape index (κ2) is 3.30. The van der Waals surface area contributed by atoms with E-state index in [-0.39, 0.29) is 5.25 Å². The molecule has 0 spiro atoms. The zero-order chi connectivity index (χ0) is 8.43. The van der Waals surface area contributed by atoms with Crippen LogP contribution in [0.5, 0.6) is 0 Å². The molecule has 1 unspecified atom stereocenters. The quantitative estimate of drug-likeness (QED) is 0.656. The summed E-state index contributed by atoms with van der Waals surface area (Å²) in [6.07, 6.45) is 1.92. The molecule has 0 fully saturated rings. The van der Waals surface area contributed by atoms with Crippen LogP contribution in [0.15, 0.2) is 6.20 Å². The van der Waals surface area contributed by atoms with E-state index in [0.717, 1.165) is 11.5 Å². The van der Waals surface area contributed by atoms with Gasteiger partial charge in [0.1, 0.15) is 5.82 Å². The van der Waals surface area contributed by atoms with E-state index in [0.29, 0.717) is 5.92 Å². The van der Waals surface area contributed by atoms with Gasteiger partial charge in [0.25, 0.3) is 0 Å². The first-order valence-electron chi connectivity index (χ1n) is 3.84. The summed E-state index contributed by atoms with van der Waals surface area (Å²) in [7, 11) is 0. The largest absolute Gasteiger partial charge is 0.348 e. The van der Waals surface area contributed by atoms with Gasteiger partial charge in [0.2, 0.25) is 0 Å². The summed E-state index contributed by atoms with van der Waals surface area (Å²) < 4.78 is 0. The highest BCUT2D eigenvalue weighted by molar-refractivity contribution is 7.80. The number of nitrogens with one attached hydrogen (secondary N) is 1. The summed E-state index contributed by atoms with van der Waals surface area (Å²) in [5, 5.41) is 0.221. The zero-order valence-corrected chi connectivity index (χ0v) is 8.02. The molecule has 1 rings (SSSR count). The summed E-state index contributed by atoms with van der Waals surface area (Å²) in [5.41, 5.74) is 1.03. The molecule has 0 amide bonds. The lowest BCUT2D eigenvalue weighted by atomic mass is 10.2. The first kappa shape index (κ1) is 8.65. The number of hydrogen-bond acceptors (Lipinski definition) is 2. The van der Waals surface area contributed by atoms with Crippen molar-refractivity contribution in [2.24, 2.45) is 0 Å². The Kier molecular flexibility index (Phi) is 2.60. The van der Waals surface area contributed by atoms with Crippen LogP contribution < -0.4 is 0 Å². The molecule has 11 heavy (non-hydrogen) atoms. The van der Waals surface area contributed by atoms with Gasteiger partial charge in [-0.1, -0.05) is 13.8 Å². The van der Waals surface area contributed by atoms with Crippen molar-refractivity contribution in [3.63, 3.8) is 0 Å². The molecule has 3 heteroatoms. The van der Waals surface area contributed by atoms with E-state index in [4.69, 9.17) is 0 Å². The van der Waals surface area contributed by atoms with Crippen molar-refractivity contribution in [1.82, 2.24) is 9.97 Å². The molecular formula is C8H14N2S. The molecule has 0 bridgehead atoms. The topological polar surface area (TPSA) is 28.7 Å². The molecule has 0 aromatic carbocycles. The third kappa shape index (κ3) is 1.99. The van der Waals surface area contributed by atoms with Crippen molar-refractivity contribution in [3.05, 3.63) is 17.7 Å². The highest BCUT2D eigenvalue weighted by Gasteiger charge is 2.07. The molecule has 62 valence electrons. The van der Waals surface area contributed by atoms with Crippen molar-refractivity contribution in [3.8, 4) is 0 Å². The predicted octanol–water partition coefficient (Wildman–Crippen LogP) is 2.52. The third-order valence-corrected chi connectivity index (χ3v) is 1.86. The first-order valence-corrected chi connectivity index (χ1v) is 4.36. The van der Waals surface area contributed by atoms with E-state index < -0.39 is 0 Å². The highest BCUT2D eigenvalue weighted by Crippen LogP contribution is 2.18. The Morgan fingerprint density at radius 3 is 2.36 bits per heavy atom. The number of aromatic amines is 1. The van der Waals surface area contributed by atoms with Gasteiger partial charge < -0.3 is 4.98 Å². The summed E-state index contributed by atoms with van der Waals surface area (Å²) in [4.78, 5) is 7.50. The Morgan fingerprint density at radius 2 is 2.09 bits per heavy atom. The minimum absolute atomic E-state index is 0.221. The maximum absolute atomic E-state index is 4.38. The van der Waals surface area contributed by atoms with Gasteiger partial charge in [-0.2, -0.15) is 12.6 Å². The molecule has 0 saturated carbocycles. The molecule has 1 atom stereocenters. The third-order valence-electron chi connectivity index (χ3n) is 1.59. The van der Waals surface area contributed by atoms with Crippen molar-refractivity contribution in [1.29, 1.82) is 0 Å². The monoisotopic (exact) mass is 170 g/mol. The second-order valence-electron chi connectivity index (χ2n) is 3.04. The van der Waals surface area contributed by atoms with E-state index in [9.17, 15) is 0 Å². The number of rotatable bonds is 2. The Balaban J connectivity index is 2.82. The molecule has 0 radical (unpaired) electrons. The number of imidazole rings is 1. The lowest BCUT2D eigenvalue weighted by Crippen LogP contribution is -1.90. The molecule has 1 heterocycles. The van der Waals surface area contributed by atoms with Crippen LogP contribution in [0.25, 0.3) is 0 Å². The fourth-order valence-electron chi connectivity index (χ4n) is 0.861. The maximum Gasteiger partial charge on any atom is 0.108 e. The molecule has 1 N–H and O–H groups in total. The van der Waals surface area contributed by atoms with E-state index in [1.807, 2.05) is 13.1 Å². The van der Waals surface area contributed by atoms with Gasteiger partial charge in [0, 0.05) is 17.4 Å². The number of H-pyrrole nitrogens is 1. The number of hydrogen-bond donors (Lipinski definition) is 2. The molecule has 2 nitrogen and oxygen atoms in total. The first-order chi connectivity index (χ1) is 5.11. The highest BCUT2D eigenvalue weighted by atomic mass is 32.1. The van der Waals surface area contributed by atoms with E-state index in [1.54, 1.807) is 0 Å². The summed E-state index contributed by atoms with van der Waals surface area (Å²) in [6, 6.07) is 0. The van der Waals surface area contributed by atoms with Gasteiger partial charge in [-0.3, -0.25) is 0 Å². The SMILES string of the molecule is CC(C)c1nc(C(C)S)c[nH]1. The lowest BCUT2D eigenvalue weighted by molar-refractivity contribution is 0.788. The molecule has 0 aliphatic rings. The van der Waals surface area contributed by atoms with Gasteiger partial charge in [0.05, 0.1) is 5.69 Å². The van der Waals surface area contributed by atoms with Gasteiger partial charge in [-0.25, -0.2) is 4.98 Å². The molecule has 1 aromatic rings. The Morgan fingerprint density at radius 1 is 1.45 bits per heavy atom. The normalized spacial score (nSPS) is 13.9. The molecule has 0 aliphatic heterocycles. The van der Waals surface area contributed by atoms with Crippen LogP contribution in [0.1, 0.15) is 43.5 Å². The average molecular weight is 170 g/mol. The van der Waals surface area contributed by atoms with Gasteiger partial charge in [-0.05, 0) is 6.92 Å². The smallest absolute Gasteiger partial charge is 0.108 e. The van der Waals surface area contributed by atoms with Crippen LogP contribution in [0.3, 0.4) is 0 Å². The predicted molar refractivity (Wildman–Crippen MR) is 50.1 cm³/mol. The van der Waals surface area contributed by atoms with E-state index in [1.165, 1.54) is 0 Å². The molecular weight excluding hydrogens is 156 g/mol. The van der Waals surface area contributed by atoms with Crippen LogP contribution in [0, 0.1) is 0 Å². The van der Waals surface area contributed by atoms with Crippen LogP contribution in [0.4, 0.5) is 0 Å². The number of aromatic nitrogens is 2. The minimum atomic E-state index is 0.221. The van der Waals surface area contributed by atoms with Crippen molar-refractivity contribution < 1.29 is 0 Å².